The molecule has 3 aromatic rings. The summed E-state index contributed by atoms with van der Waals surface area (Å²) in [6.07, 6.45) is 3.86. The summed E-state index contributed by atoms with van der Waals surface area (Å²) in [5.41, 5.74) is 6.94. The van der Waals surface area contributed by atoms with Crippen molar-refractivity contribution in [1.82, 2.24) is 9.97 Å². The maximum Gasteiger partial charge on any atom is 0.222 e. The van der Waals surface area contributed by atoms with Crippen molar-refractivity contribution >= 4 is 23.2 Å². The molecule has 1 aromatic heterocycles. The van der Waals surface area contributed by atoms with E-state index in [0.717, 1.165) is 40.9 Å². The molecule has 3 rings (SSSR count). The lowest BCUT2D eigenvalue weighted by atomic mass is 10.2. The Morgan fingerprint density at radius 2 is 2.00 bits per heavy atom. The lowest BCUT2D eigenvalue weighted by Crippen LogP contribution is -2.01. The standard InChI is InChI=1S/C21H26N4O2/c1-4-6-11-27-19-10-8-16(13-20(19)26-5-2)14-22-25-21-23-17-9-7-15(3)12-18(17)24-21/h7-10,12-14H,4-6,11H2,1-3H3,(H2,23,24,25)/b22-14-. The molecular formula is C21H26N4O2. The summed E-state index contributed by atoms with van der Waals surface area (Å²) in [6, 6.07) is 11.9. The molecule has 0 radical (unpaired) electrons. The van der Waals surface area contributed by atoms with Crippen LogP contribution < -0.4 is 14.9 Å². The van der Waals surface area contributed by atoms with Crippen molar-refractivity contribution in [3.05, 3.63) is 47.5 Å². The van der Waals surface area contributed by atoms with Gasteiger partial charge in [-0.1, -0.05) is 19.4 Å². The minimum Gasteiger partial charge on any atom is -0.490 e. The highest BCUT2D eigenvalue weighted by molar-refractivity contribution is 5.82. The predicted octanol–water partition coefficient (Wildman–Crippen LogP) is 4.89. The van der Waals surface area contributed by atoms with Gasteiger partial charge in [-0.05, 0) is 61.7 Å². The van der Waals surface area contributed by atoms with E-state index in [-0.39, 0.29) is 0 Å². The maximum atomic E-state index is 5.80. The van der Waals surface area contributed by atoms with Crippen molar-refractivity contribution in [3.8, 4) is 11.5 Å². The van der Waals surface area contributed by atoms with Gasteiger partial charge >= 0.3 is 0 Å². The van der Waals surface area contributed by atoms with Crippen LogP contribution >= 0.6 is 0 Å². The number of benzene rings is 2. The zero-order chi connectivity index (χ0) is 19.1. The Bertz CT molecular complexity index is 918. The molecule has 0 aliphatic carbocycles. The average molecular weight is 366 g/mol. The van der Waals surface area contributed by atoms with Crippen LogP contribution in [0.3, 0.4) is 0 Å². The smallest absolute Gasteiger partial charge is 0.222 e. The second kappa shape index (κ2) is 9.07. The van der Waals surface area contributed by atoms with E-state index in [1.807, 2.05) is 37.3 Å². The van der Waals surface area contributed by atoms with Crippen LogP contribution in [0.1, 0.15) is 37.8 Å². The first-order valence-electron chi connectivity index (χ1n) is 9.34. The number of nitrogens with one attached hydrogen (secondary N) is 2. The Morgan fingerprint density at radius 1 is 1.11 bits per heavy atom. The van der Waals surface area contributed by atoms with Crippen LogP contribution in [0.5, 0.6) is 11.5 Å². The van der Waals surface area contributed by atoms with Crippen molar-refractivity contribution in [1.29, 1.82) is 0 Å². The monoisotopic (exact) mass is 366 g/mol. The molecule has 0 spiro atoms. The first-order chi connectivity index (χ1) is 13.2. The van der Waals surface area contributed by atoms with Crippen molar-refractivity contribution < 1.29 is 9.47 Å². The molecule has 0 saturated heterocycles. The summed E-state index contributed by atoms with van der Waals surface area (Å²) in [5.74, 6) is 2.11. The van der Waals surface area contributed by atoms with Gasteiger partial charge in [0.1, 0.15) is 0 Å². The van der Waals surface area contributed by atoms with Crippen molar-refractivity contribution in [2.75, 3.05) is 18.6 Å². The van der Waals surface area contributed by atoms with E-state index >= 15 is 0 Å². The van der Waals surface area contributed by atoms with Gasteiger partial charge in [0.05, 0.1) is 30.5 Å². The van der Waals surface area contributed by atoms with E-state index in [1.54, 1.807) is 6.21 Å². The number of hydrogen-bond acceptors (Lipinski definition) is 5. The molecule has 0 amide bonds. The van der Waals surface area contributed by atoms with Crippen molar-refractivity contribution in [3.63, 3.8) is 0 Å². The average Bonchev–Trinajstić information content (AvgIpc) is 3.05. The van der Waals surface area contributed by atoms with Crippen LogP contribution in [0, 0.1) is 6.92 Å². The van der Waals surface area contributed by atoms with Crippen molar-refractivity contribution in [2.45, 2.75) is 33.6 Å². The summed E-state index contributed by atoms with van der Waals surface area (Å²) in [7, 11) is 0. The zero-order valence-electron chi connectivity index (χ0n) is 16.1. The third-order valence-corrected chi connectivity index (χ3v) is 4.04. The summed E-state index contributed by atoms with van der Waals surface area (Å²) in [4.78, 5) is 7.67. The minimum absolute atomic E-state index is 0.585. The van der Waals surface area contributed by atoms with Crippen LogP contribution in [-0.4, -0.2) is 29.4 Å². The third-order valence-electron chi connectivity index (χ3n) is 4.04. The molecule has 0 saturated carbocycles. The largest absolute Gasteiger partial charge is 0.490 e. The lowest BCUT2D eigenvalue weighted by Gasteiger charge is -2.12. The van der Waals surface area contributed by atoms with E-state index in [4.69, 9.17) is 9.47 Å². The molecule has 0 fully saturated rings. The van der Waals surface area contributed by atoms with E-state index in [1.165, 1.54) is 5.56 Å². The maximum absolute atomic E-state index is 5.80. The highest BCUT2D eigenvalue weighted by atomic mass is 16.5. The number of ether oxygens (including phenoxy) is 2. The predicted molar refractivity (Wildman–Crippen MR) is 110 cm³/mol. The minimum atomic E-state index is 0.585. The second-order valence-corrected chi connectivity index (χ2v) is 6.32. The van der Waals surface area contributed by atoms with Gasteiger partial charge in [-0.15, -0.1) is 0 Å². The van der Waals surface area contributed by atoms with E-state index in [9.17, 15) is 0 Å². The summed E-state index contributed by atoms with van der Waals surface area (Å²) in [6.45, 7) is 7.43. The normalized spacial score (nSPS) is 11.2. The quantitative estimate of drug-likeness (QED) is 0.321. The van der Waals surface area contributed by atoms with Gasteiger partial charge in [-0.25, -0.2) is 10.4 Å². The number of aryl methyl sites for hydroxylation is 1. The Balaban J connectivity index is 1.68. The van der Waals surface area contributed by atoms with Gasteiger partial charge in [0, 0.05) is 0 Å². The van der Waals surface area contributed by atoms with E-state index < -0.39 is 0 Å². The van der Waals surface area contributed by atoms with Crippen LogP contribution in [0.15, 0.2) is 41.5 Å². The fourth-order valence-electron chi connectivity index (χ4n) is 2.66. The number of fused-ring (bicyclic) bond motifs is 1. The number of aromatic nitrogens is 2. The Kier molecular flexibility index (Phi) is 6.30. The summed E-state index contributed by atoms with van der Waals surface area (Å²) < 4.78 is 11.5. The van der Waals surface area contributed by atoms with Crippen LogP contribution in [0.4, 0.5) is 5.95 Å². The number of rotatable bonds is 9. The lowest BCUT2D eigenvalue weighted by molar-refractivity contribution is 0.272. The highest BCUT2D eigenvalue weighted by Gasteiger charge is 2.06. The first-order valence-corrected chi connectivity index (χ1v) is 9.34. The fraction of sp³-hybridized carbons (Fsp3) is 0.333. The SMILES string of the molecule is CCCCOc1ccc(/C=N\Nc2nc3ccc(C)cc3[nH]2)cc1OCC. The number of nitrogens with zero attached hydrogens (tertiary/aromatic N) is 2. The fourth-order valence-corrected chi connectivity index (χ4v) is 2.66. The number of anilines is 1. The topological polar surface area (TPSA) is 71.5 Å². The first kappa shape index (κ1) is 18.8. The highest BCUT2D eigenvalue weighted by Crippen LogP contribution is 2.28. The Hall–Kier alpha value is -3.02. The summed E-state index contributed by atoms with van der Waals surface area (Å²) >= 11 is 0. The molecule has 0 atom stereocenters. The Morgan fingerprint density at radius 3 is 2.81 bits per heavy atom. The number of H-pyrrole nitrogens is 1. The molecule has 27 heavy (non-hydrogen) atoms. The zero-order valence-corrected chi connectivity index (χ0v) is 16.1. The molecule has 2 aromatic carbocycles. The third kappa shape index (κ3) is 5.00. The molecule has 0 aliphatic rings. The van der Waals surface area contributed by atoms with Gasteiger partial charge < -0.3 is 14.5 Å². The Labute approximate surface area is 159 Å². The number of imidazole rings is 1. The van der Waals surface area contributed by atoms with Crippen LogP contribution in [0.25, 0.3) is 11.0 Å². The van der Waals surface area contributed by atoms with Gasteiger partial charge in [-0.3, -0.25) is 0 Å². The molecule has 0 unspecified atom stereocenters. The molecule has 6 heteroatoms. The van der Waals surface area contributed by atoms with Crippen LogP contribution in [-0.2, 0) is 0 Å². The molecule has 6 nitrogen and oxygen atoms in total. The number of unbranched alkanes of at least 4 members (excludes halogenated alkanes) is 1. The van der Waals surface area contributed by atoms with Crippen molar-refractivity contribution in [2.24, 2.45) is 5.10 Å². The van der Waals surface area contributed by atoms with Crippen LogP contribution in [0.2, 0.25) is 0 Å². The van der Waals surface area contributed by atoms with Gasteiger partial charge in [-0.2, -0.15) is 5.10 Å². The molecule has 1 heterocycles. The molecule has 142 valence electrons. The number of hydrogen-bond donors (Lipinski definition) is 2. The van der Waals surface area contributed by atoms with E-state index in [0.29, 0.717) is 19.2 Å². The second-order valence-electron chi connectivity index (χ2n) is 6.32. The van der Waals surface area contributed by atoms with Gasteiger partial charge in [0.2, 0.25) is 5.95 Å². The summed E-state index contributed by atoms with van der Waals surface area (Å²) in [5, 5.41) is 4.27. The molecule has 0 bridgehead atoms. The van der Waals surface area contributed by atoms with Gasteiger partial charge in [0.15, 0.2) is 11.5 Å². The number of aromatic amines is 1. The molecule has 0 aliphatic heterocycles. The molecule has 2 N–H and O–H groups in total. The number of hydrazone groups is 1. The van der Waals surface area contributed by atoms with E-state index in [2.05, 4.69) is 40.4 Å². The van der Waals surface area contributed by atoms with Gasteiger partial charge in [0.25, 0.3) is 0 Å². The molecular weight excluding hydrogens is 340 g/mol.